The summed E-state index contributed by atoms with van der Waals surface area (Å²) in [5, 5.41) is 9.65. The second-order valence-electron chi connectivity index (χ2n) is 16.3. The van der Waals surface area contributed by atoms with Crippen molar-refractivity contribution in [1.29, 1.82) is 0 Å². The van der Waals surface area contributed by atoms with Gasteiger partial charge in [0.05, 0.1) is 33.1 Å². The highest BCUT2D eigenvalue weighted by Crippen LogP contribution is 2.41. The number of rotatable bonds is 5. The summed E-state index contributed by atoms with van der Waals surface area (Å²) in [6.45, 7) is 0. The Labute approximate surface area is 356 Å². The number of halogens is 1. The van der Waals surface area contributed by atoms with Crippen molar-refractivity contribution in [3.63, 3.8) is 0 Å². The molecule has 0 bridgehead atoms. The molecule has 3 heterocycles. The van der Waals surface area contributed by atoms with Crippen LogP contribution in [0, 0.1) is 5.82 Å². The Balaban J connectivity index is 1.05. The fraction of sp³-hybridized carbons (Fsp3) is 0. The average molecular weight is 794 g/mol. The van der Waals surface area contributed by atoms with E-state index in [1.165, 1.54) is 66.5 Å². The molecule has 0 N–H and O–H groups in total. The van der Waals surface area contributed by atoms with Crippen LogP contribution in [0.1, 0.15) is 0 Å². The molecule has 13 rings (SSSR count). The van der Waals surface area contributed by atoms with Crippen LogP contribution < -0.4 is 0 Å². The fourth-order valence-corrected chi connectivity index (χ4v) is 10.0. The summed E-state index contributed by atoms with van der Waals surface area (Å²) in [7, 11) is 0. The minimum absolute atomic E-state index is 0.245. The topological polar surface area (TPSA) is 14.8 Å². The van der Waals surface area contributed by atoms with Crippen LogP contribution in [0.4, 0.5) is 4.39 Å². The van der Waals surface area contributed by atoms with Crippen molar-refractivity contribution in [2.24, 2.45) is 0 Å². The van der Waals surface area contributed by atoms with Gasteiger partial charge in [-0.15, -0.1) is 0 Å². The quantitative estimate of drug-likeness (QED) is 0.165. The van der Waals surface area contributed by atoms with Gasteiger partial charge >= 0.3 is 0 Å². The number of nitrogens with zero attached hydrogens (tertiary/aromatic N) is 3. The van der Waals surface area contributed by atoms with E-state index in [9.17, 15) is 4.39 Å². The van der Waals surface area contributed by atoms with E-state index < -0.39 is 0 Å². The molecule has 0 fully saturated rings. The number of benzene rings is 10. The van der Waals surface area contributed by atoms with E-state index in [0.29, 0.717) is 0 Å². The van der Waals surface area contributed by atoms with Crippen LogP contribution in [0.5, 0.6) is 0 Å². The maximum Gasteiger partial charge on any atom is 0.123 e. The molecule has 0 saturated heterocycles. The molecule has 0 spiro atoms. The summed E-state index contributed by atoms with van der Waals surface area (Å²) >= 11 is 0. The smallest absolute Gasteiger partial charge is 0.123 e. The zero-order valence-electron chi connectivity index (χ0n) is 33.5. The molecular formula is C58H36FN3. The Morgan fingerprint density at radius 1 is 0.242 bits per heavy atom. The molecule has 0 amide bonds. The third-order valence-electron chi connectivity index (χ3n) is 12.8. The van der Waals surface area contributed by atoms with Crippen molar-refractivity contribution in [1.82, 2.24) is 13.7 Å². The summed E-state index contributed by atoms with van der Waals surface area (Å²) in [6.07, 6.45) is 0. The Morgan fingerprint density at radius 3 is 1.18 bits per heavy atom. The summed E-state index contributed by atoms with van der Waals surface area (Å²) in [6, 6.07) is 77.5. The zero-order valence-corrected chi connectivity index (χ0v) is 33.5. The molecule has 0 saturated carbocycles. The Hall–Kier alpha value is -8.21. The van der Waals surface area contributed by atoms with Gasteiger partial charge in [0.1, 0.15) is 5.82 Å². The second kappa shape index (κ2) is 13.4. The van der Waals surface area contributed by atoms with E-state index in [2.05, 4.69) is 208 Å². The molecule has 13 aromatic rings. The standard InChI is InChI=1S/C58H36FN3/c59-43-24-27-44(28-25-43)60-55-19-9-5-15-49(55)51-35-39(22-29-57(51)60)41-31-42(34-46(33-41)62-53-17-7-3-13-47(53)48-14-4-8-18-54(48)62)40-23-30-58-52(36-40)50-16-6-10-20-56(50)61(58)45-26-21-37-11-1-2-12-38(37)32-45/h1-36H. The van der Waals surface area contributed by atoms with Gasteiger partial charge in [0.2, 0.25) is 0 Å². The monoisotopic (exact) mass is 793 g/mol. The third-order valence-corrected chi connectivity index (χ3v) is 12.8. The van der Waals surface area contributed by atoms with Crippen LogP contribution >= 0.6 is 0 Å². The molecule has 0 unspecified atom stereocenters. The second-order valence-corrected chi connectivity index (χ2v) is 16.3. The molecule has 0 atom stereocenters. The number of hydrogen-bond acceptors (Lipinski definition) is 0. The molecule has 0 aliphatic heterocycles. The van der Waals surface area contributed by atoms with Gasteiger partial charge < -0.3 is 13.7 Å². The minimum atomic E-state index is -0.245. The van der Waals surface area contributed by atoms with E-state index in [1.54, 1.807) is 0 Å². The van der Waals surface area contributed by atoms with E-state index in [4.69, 9.17) is 0 Å². The van der Waals surface area contributed by atoms with Crippen LogP contribution in [-0.2, 0) is 0 Å². The molecule has 0 aliphatic carbocycles. The molecule has 0 radical (unpaired) electrons. The summed E-state index contributed by atoms with van der Waals surface area (Å²) < 4.78 is 21.2. The number of hydrogen-bond donors (Lipinski definition) is 0. The summed E-state index contributed by atoms with van der Waals surface area (Å²) in [5.41, 5.74) is 14.6. The van der Waals surface area contributed by atoms with Gasteiger partial charge in [-0.05, 0) is 136 Å². The SMILES string of the molecule is Fc1ccc(-n2c3ccccc3c3cc(-c4cc(-c5ccc6c(c5)c5ccccc5n6-c5ccc6ccccc6c5)cc(-n5c6ccccc6c6ccccc65)c4)ccc32)cc1. The highest BCUT2D eigenvalue weighted by molar-refractivity contribution is 6.13. The number of fused-ring (bicyclic) bond motifs is 10. The lowest BCUT2D eigenvalue weighted by molar-refractivity contribution is 0.627. The largest absolute Gasteiger partial charge is 0.309 e. The zero-order chi connectivity index (χ0) is 40.9. The van der Waals surface area contributed by atoms with Crippen molar-refractivity contribution in [2.45, 2.75) is 0 Å². The van der Waals surface area contributed by atoms with Gasteiger partial charge in [-0.1, -0.05) is 115 Å². The third kappa shape index (κ3) is 5.23. The summed E-state index contributed by atoms with van der Waals surface area (Å²) in [4.78, 5) is 0. The molecule has 3 nitrogen and oxygen atoms in total. The van der Waals surface area contributed by atoms with Crippen molar-refractivity contribution >= 4 is 76.2 Å². The lowest BCUT2D eigenvalue weighted by Gasteiger charge is -2.15. The van der Waals surface area contributed by atoms with Gasteiger partial charge in [-0.25, -0.2) is 4.39 Å². The van der Waals surface area contributed by atoms with Crippen LogP contribution in [0.2, 0.25) is 0 Å². The van der Waals surface area contributed by atoms with Crippen LogP contribution in [0.3, 0.4) is 0 Å². The predicted octanol–water partition coefficient (Wildman–Crippen LogP) is 15.6. The van der Waals surface area contributed by atoms with Gasteiger partial charge in [0, 0.05) is 49.4 Å². The molecule has 3 aromatic heterocycles. The highest BCUT2D eigenvalue weighted by Gasteiger charge is 2.19. The molecule has 0 aliphatic rings. The minimum Gasteiger partial charge on any atom is -0.309 e. The first-order valence-electron chi connectivity index (χ1n) is 21.1. The first-order valence-corrected chi connectivity index (χ1v) is 21.1. The highest BCUT2D eigenvalue weighted by atomic mass is 19.1. The van der Waals surface area contributed by atoms with Crippen molar-refractivity contribution in [2.75, 3.05) is 0 Å². The molecule has 10 aromatic carbocycles. The van der Waals surface area contributed by atoms with Crippen LogP contribution in [-0.4, -0.2) is 13.7 Å². The Bertz CT molecular complexity index is 3880. The van der Waals surface area contributed by atoms with Crippen molar-refractivity contribution < 1.29 is 4.39 Å². The predicted molar refractivity (Wildman–Crippen MR) is 258 cm³/mol. The van der Waals surface area contributed by atoms with Gasteiger partial charge in [-0.2, -0.15) is 0 Å². The van der Waals surface area contributed by atoms with Gasteiger partial charge in [0.15, 0.2) is 0 Å². The fourth-order valence-electron chi connectivity index (χ4n) is 10.0. The first-order chi connectivity index (χ1) is 30.6. The van der Waals surface area contributed by atoms with Crippen LogP contribution in [0.25, 0.3) is 116 Å². The number of para-hydroxylation sites is 4. The van der Waals surface area contributed by atoms with Gasteiger partial charge in [-0.3, -0.25) is 0 Å². The molecule has 62 heavy (non-hydrogen) atoms. The maximum absolute atomic E-state index is 14.1. The Morgan fingerprint density at radius 2 is 0.645 bits per heavy atom. The molecular weight excluding hydrogens is 758 g/mol. The van der Waals surface area contributed by atoms with E-state index in [0.717, 1.165) is 61.1 Å². The van der Waals surface area contributed by atoms with E-state index >= 15 is 0 Å². The first kappa shape index (κ1) is 34.6. The van der Waals surface area contributed by atoms with E-state index in [-0.39, 0.29) is 5.82 Å². The van der Waals surface area contributed by atoms with Crippen molar-refractivity contribution in [3.8, 4) is 39.3 Å². The summed E-state index contributed by atoms with van der Waals surface area (Å²) in [5.74, 6) is -0.245. The number of aromatic nitrogens is 3. The maximum atomic E-state index is 14.1. The van der Waals surface area contributed by atoms with Crippen molar-refractivity contribution in [3.05, 3.63) is 224 Å². The van der Waals surface area contributed by atoms with Gasteiger partial charge in [0.25, 0.3) is 0 Å². The molecule has 290 valence electrons. The molecule has 4 heteroatoms. The Kier molecular flexibility index (Phi) is 7.49. The lowest BCUT2D eigenvalue weighted by Crippen LogP contribution is -1.96. The lowest BCUT2D eigenvalue weighted by atomic mass is 9.96. The average Bonchev–Trinajstić information content (AvgIpc) is 3.97. The van der Waals surface area contributed by atoms with Crippen LogP contribution in [0.15, 0.2) is 218 Å². The van der Waals surface area contributed by atoms with E-state index in [1.807, 2.05) is 12.1 Å². The normalized spacial score (nSPS) is 12.0.